The lowest BCUT2D eigenvalue weighted by Crippen LogP contribution is -2.54. The van der Waals surface area contributed by atoms with Crippen LogP contribution in [0, 0.1) is 0 Å². The number of carbonyl (C=O) groups is 2. The summed E-state index contributed by atoms with van der Waals surface area (Å²) in [6, 6.07) is 2.92. The molecule has 0 aliphatic carbocycles. The first-order valence-electron chi connectivity index (χ1n) is 10.0. The van der Waals surface area contributed by atoms with Crippen molar-refractivity contribution < 1.29 is 32.6 Å². The van der Waals surface area contributed by atoms with E-state index in [1.165, 1.54) is 0 Å². The third kappa shape index (κ3) is 4.62. The Bertz CT molecular complexity index is 896. The second-order valence-corrected chi connectivity index (χ2v) is 9.63. The molecule has 31 heavy (non-hydrogen) atoms. The first-order chi connectivity index (χ1) is 14.1. The van der Waals surface area contributed by atoms with Gasteiger partial charge in [-0.15, -0.1) is 0 Å². The largest absolute Gasteiger partial charge is 0.444 e. The van der Waals surface area contributed by atoms with Crippen LogP contribution in [0.3, 0.4) is 0 Å². The van der Waals surface area contributed by atoms with Gasteiger partial charge in [0.25, 0.3) is 5.91 Å². The summed E-state index contributed by atoms with van der Waals surface area (Å²) in [5.74, 6) is -1.42. The molecule has 1 N–H and O–H groups in total. The average Bonchev–Trinajstić information content (AvgIpc) is 3.24. The fourth-order valence-corrected chi connectivity index (χ4v) is 4.25. The summed E-state index contributed by atoms with van der Waals surface area (Å²) in [5, 5.41) is 10.2. The van der Waals surface area contributed by atoms with E-state index in [2.05, 4.69) is 0 Å². The van der Waals surface area contributed by atoms with Crippen LogP contribution in [0.25, 0.3) is 0 Å². The molecule has 1 unspecified atom stereocenters. The van der Waals surface area contributed by atoms with E-state index in [1.807, 2.05) is 0 Å². The van der Waals surface area contributed by atoms with E-state index in [0.29, 0.717) is 41.6 Å². The Balaban J connectivity index is 1.91. The Hall–Kier alpha value is -2.00. The number of fused-ring (bicyclic) bond motifs is 1. The van der Waals surface area contributed by atoms with Gasteiger partial charge in [0.2, 0.25) is 5.60 Å². The van der Waals surface area contributed by atoms with Gasteiger partial charge in [0, 0.05) is 24.7 Å². The van der Waals surface area contributed by atoms with Gasteiger partial charge in [0.15, 0.2) is 0 Å². The topological polar surface area (TPSA) is 70.1 Å². The Morgan fingerprint density at radius 2 is 1.81 bits per heavy atom. The van der Waals surface area contributed by atoms with Gasteiger partial charge in [-0.2, -0.15) is 13.2 Å². The molecule has 2 amide bonds. The fourth-order valence-electron chi connectivity index (χ4n) is 4.00. The molecule has 1 aromatic rings. The van der Waals surface area contributed by atoms with Crippen molar-refractivity contribution in [1.29, 1.82) is 0 Å². The molecule has 3 rings (SSSR count). The van der Waals surface area contributed by atoms with Gasteiger partial charge >= 0.3 is 12.3 Å². The Morgan fingerprint density at radius 3 is 2.39 bits per heavy atom. The highest BCUT2D eigenvalue weighted by Gasteiger charge is 2.57. The van der Waals surface area contributed by atoms with Crippen molar-refractivity contribution in [1.82, 2.24) is 9.80 Å². The van der Waals surface area contributed by atoms with Crippen LogP contribution in [0.15, 0.2) is 12.1 Å². The molecule has 1 fully saturated rings. The van der Waals surface area contributed by atoms with Crippen LogP contribution in [0.1, 0.15) is 63.3 Å². The summed E-state index contributed by atoms with van der Waals surface area (Å²) in [6.45, 7) is 6.02. The molecule has 0 aromatic heterocycles. The highest BCUT2D eigenvalue weighted by Crippen LogP contribution is 2.41. The van der Waals surface area contributed by atoms with Gasteiger partial charge in [-0.05, 0) is 69.4 Å². The number of hydrogen-bond donors (Lipinski definition) is 1. The van der Waals surface area contributed by atoms with Gasteiger partial charge in [-0.1, -0.05) is 11.6 Å². The van der Waals surface area contributed by atoms with E-state index in [0.717, 1.165) is 11.3 Å². The van der Waals surface area contributed by atoms with Gasteiger partial charge < -0.3 is 19.6 Å². The average molecular weight is 463 g/mol. The maximum atomic E-state index is 13.2. The second kappa shape index (κ2) is 7.85. The summed E-state index contributed by atoms with van der Waals surface area (Å²) in [7, 11) is 0. The minimum atomic E-state index is -5.10. The van der Waals surface area contributed by atoms with Crippen LogP contribution in [0.5, 0.6) is 0 Å². The van der Waals surface area contributed by atoms with Crippen molar-refractivity contribution in [2.75, 3.05) is 6.54 Å². The fraction of sp³-hybridized carbons (Fsp3) is 0.619. The van der Waals surface area contributed by atoms with Gasteiger partial charge in [0.05, 0.1) is 6.04 Å². The van der Waals surface area contributed by atoms with Crippen LogP contribution < -0.4 is 0 Å². The Kier molecular flexibility index (Phi) is 5.99. The highest BCUT2D eigenvalue weighted by molar-refractivity contribution is 6.30. The predicted molar refractivity (Wildman–Crippen MR) is 107 cm³/mol. The van der Waals surface area contributed by atoms with E-state index < -0.39 is 29.4 Å². The smallest absolute Gasteiger partial charge is 0.426 e. The van der Waals surface area contributed by atoms with Crippen molar-refractivity contribution in [3.05, 3.63) is 33.8 Å². The van der Waals surface area contributed by atoms with Crippen LogP contribution in [-0.2, 0) is 22.6 Å². The van der Waals surface area contributed by atoms with Crippen LogP contribution >= 0.6 is 11.6 Å². The van der Waals surface area contributed by atoms with Crippen LogP contribution in [-0.4, -0.2) is 50.8 Å². The third-order valence-corrected chi connectivity index (χ3v) is 5.77. The SMILES string of the molecule is CC(C)(C)OC(=O)N1CCC[C@H]1c1cc(Cl)cc2c1CN(C(=O)C(C)(O)C(F)(F)F)C2. The number of benzene rings is 1. The molecule has 0 saturated carbocycles. The number of ether oxygens (including phenoxy) is 1. The predicted octanol–water partition coefficient (Wildman–Crippen LogP) is 4.57. The minimum absolute atomic E-state index is 0.104. The molecule has 2 aliphatic rings. The number of alkyl halides is 3. The monoisotopic (exact) mass is 462 g/mol. The molecule has 2 atom stereocenters. The summed E-state index contributed by atoms with van der Waals surface area (Å²) >= 11 is 6.26. The number of aliphatic hydroxyl groups is 1. The molecule has 172 valence electrons. The number of hydrogen-bond acceptors (Lipinski definition) is 4. The van der Waals surface area contributed by atoms with E-state index in [9.17, 15) is 27.9 Å². The van der Waals surface area contributed by atoms with E-state index in [4.69, 9.17) is 16.3 Å². The molecule has 0 bridgehead atoms. The molecule has 2 heterocycles. The zero-order valence-corrected chi connectivity index (χ0v) is 18.6. The maximum absolute atomic E-state index is 13.2. The molecule has 1 saturated heterocycles. The number of halogens is 4. The Labute approximate surface area is 183 Å². The summed E-state index contributed by atoms with van der Waals surface area (Å²) < 4.78 is 45.0. The van der Waals surface area contributed by atoms with E-state index >= 15 is 0 Å². The number of nitrogens with zero attached hydrogens (tertiary/aromatic N) is 2. The normalized spacial score (nSPS) is 21.1. The quantitative estimate of drug-likeness (QED) is 0.699. The maximum Gasteiger partial charge on any atom is 0.426 e. The van der Waals surface area contributed by atoms with Crippen LogP contribution in [0.4, 0.5) is 18.0 Å². The lowest BCUT2D eigenvalue weighted by atomic mass is 9.96. The lowest BCUT2D eigenvalue weighted by Gasteiger charge is -2.30. The first-order valence-corrected chi connectivity index (χ1v) is 10.4. The molecule has 6 nitrogen and oxygen atoms in total. The zero-order valence-electron chi connectivity index (χ0n) is 17.8. The van der Waals surface area contributed by atoms with Gasteiger partial charge in [-0.3, -0.25) is 4.79 Å². The number of amides is 2. The van der Waals surface area contributed by atoms with E-state index in [1.54, 1.807) is 37.8 Å². The van der Waals surface area contributed by atoms with Crippen molar-refractivity contribution in [2.45, 2.75) is 77.0 Å². The summed E-state index contributed by atoms with van der Waals surface area (Å²) in [5.41, 5.74) is -2.23. The molecular weight excluding hydrogens is 437 g/mol. The standard InChI is InChI=1S/C21H26ClF3N2O4/c1-19(2,3)31-18(29)27-7-5-6-16(27)14-9-13(22)8-12-10-26(11-15(12)14)17(28)20(4,30)21(23,24)25/h8-9,16,30H,5-7,10-11H2,1-4H3/t16-,20?/m0/s1. The third-order valence-electron chi connectivity index (χ3n) is 5.55. The lowest BCUT2D eigenvalue weighted by molar-refractivity contribution is -0.250. The van der Waals surface area contributed by atoms with Crippen molar-refractivity contribution >= 4 is 23.6 Å². The van der Waals surface area contributed by atoms with Crippen LogP contribution in [0.2, 0.25) is 5.02 Å². The Morgan fingerprint density at radius 1 is 1.16 bits per heavy atom. The number of likely N-dealkylation sites (tertiary alicyclic amines) is 1. The van der Waals surface area contributed by atoms with Gasteiger partial charge in [0.1, 0.15) is 5.60 Å². The summed E-state index contributed by atoms with van der Waals surface area (Å²) in [6.07, 6.45) is -4.20. The highest BCUT2D eigenvalue weighted by atomic mass is 35.5. The molecule has 0 radical (unpaired) electrons. The molecule has 1 aromatic carbocycles. The molecule has 2 aliphatic heterocycles. The first kappa shape index (κ1) is 23.7. The van der Waals surface area contributed by atoms with Crippen molar-refractivity contribution in [2.24, 2.45) is 0 Å². The van der Waals surface area contributed by atoms with Gasteiger partial charge in [-0.25, -0.2) is 4.79 Å². The molecular formula is C21H26ClF3N2O4. The zero-order chi connectivity index (χ0) is 23.4. The van der Waals surface area contributed by atoms with Crippen molar-refractivity contribution in [3.63, 3.8) is 0 Å². The number of rotatable bonds is 2. The number of carbonyl (C=O) groups excluding carboxylic acids is 2. The minimum Gasteiger partial charge on any atom is -0.444 e. The molecule has 0 spiro atoms. The van der Waals surface area contributed by atoms with E-state index in [-0.39, 0.29) is 19.1 Å². The second-order valence-electron chi connectivity index (χ2n) is 9.20. The van der Waals surface area contributed by atoms with Crippen molar-refractivity contribution in [3.8, 4) is 0 Å². The molecule has 10 heteroatoms. The summed E-state index contributed by atoms with van der Waals surface area (Å²) in [4.78, 5) is 27.7.